The van der Waals surface area contributed by atoms with Gasteiger partial charge in [0.25, 0.3) is 0 Å². The van der Waals surface area contributed by atoms with Crippen LogP contribution in [0.5, 0.6) is 0 Å². The van der Waals surface area contributed by atoms with E-state index in [1.54, 1.807) is 19.2 Å². The minimum absolute atomic E-state index is 0. The smallest absolute Gasteiger partial charge is 0.240 e. The van der Waals surface area contributed by atoms with Gasteiger partial charge in [-0.1, -0.05) is 19.1 Å². The maximum absolute atomic E-state index is 11.7. The minimum atomic E-state index is -3.38. The van der Waals surface area contributed by atoms with E-state index in [-0.39, 0.29) is 28.9 Å². The van der Waals surface area contributed by atoms with Gasteiger partial charge in [-0.25, -0.2) is 13.1 Å². The third-order valence-corrected chi connectivity index (χ3v) is 5.97. The first-order valence-corrected chi connectivity index (χ1v) is 9.92. The summed E-state index contributed by atoms with van der Waals surface area (Å²) in [6.07, 6.45) is 4.88. The number of aliphatic imine (C=N–C) groups is 1. The van der Waals surface area contributed by atoms with Crippen molar-refractivity contribution in [3.8, 4) is 0 Å². The lowest BCUT2D eigenvalue weighted by molar-refractivity contribution is 0.329. The Kier molecular flexibility index (Phi) is 9.15. The summed E-state index contributed by atoms with van der Waals surface area (Å²) in [5, 5.41) is 6.76. The van der Waals surface area contributed by atoms with Crippen molar-refractivity contribution in [3.05, 3.63) is 29.8 Å². The molecule has 1 aliphatic rings. The predicted molar refractivity (Wildman–Crippen MR) is 113 cm³/mol. The maximum atomic E-state index is 11.7. The zero-order valence-corrected chi connectivity index (χ0v) is 18.2. The molecule has 142 valence electrons. The van der Waals surface area contributed by atoms with E-state index in [4.69, 9.17) is 0 Å². The molecule has 1 aliphatic carbocycles. The molecule has 1 saturated carbocycles. The van der Waals surface area contributed by atoms with Crippen molar-refractivity contribution in [2.45, 2.75) is 50.1 Å². The molecule has 1 aromatic rings. The molecule has 1 fully saturated rings. The van der Waals surface area contributed by atoms with Gasteiger partial charge in [-0.2, -0.15) is 0 Å². The highest BCUT2D eigenvalue weighted by Gasteiger charge is 2.18. The Bertz CT molecular complexity index is 654. The van der Waals surface area contributed by atoms with Crippen LogP contribution in [0, 0.1) is 5.92 Å². The molecule has 0 heterocycles. The summed E-state index contributed by atoms with van der Waals surface area (Å²) < 4.78 is 25.7. The van der Waals surface area contributed by atoms with Gasteiger partial charge in [0.2, 0.25) is 10.0 Å². The van der Waals surface area contributed by atoms with Crippen LogP contribution in [0.4, 0.5) is 0 Å². The molecule has 0 bridgehead atoms. The quantitative estimate of drug-likeness (QED) is 0.344. The van der Waals surface area contributed by atoms with Crippen molar-refractivity contribution >= 4 is 40.0 Å². The Morgan fingerprint density at radius 1 is 1.16 bits per heavy atom. The van der Waals surface area contributed by atoms with Crippen molar-refractivity contribution in [3.63, 3.8) is 0 Å². The summed E-state index contributed by atoms with van der Waals surface area (Å²) in [6.45, 7) is 2.91. The second-order valence-corrected chi connectivity index (χ2v) is 8.26. The zero-order chi connectivity index (χ0) is 17.6. The van der Waals surface area contributed by atoms with Gasteiger partial charge < -0.3 is 10.6 Å². The Balaban J connectivity index is 0.00000312. The van der Waals surface area contributed by atoms with Crippen LogP contribution in [-0.4, -0.2) is 34.5 Å². The first-order chi connectivity index (χ1) is 11.4. The van der Waals surface area contributed by atoms with E-state index in [9.17, 15) is 8.42 Å². The predicted octanol–water partition coefficient (Wildman–Crippen LogP) is 2.46. The molecule has 0 aliphatic heterocycles. The van der Waals surface area contributed by atoms with E-state index < -0.39 is 10.0 Å². The van der Waals surface area contributed by atoms with E-state index in [1.807, 2.05) is 12.1 Å². The Morgan fingerprint density at radius 2 is 1.76 bits per heavy atom. The molecule has 2 rings (SSSR count). The van der Waals surface area contributed by atoms with Gasteiger partial charge >= 0.3 is 0 Å². The molecule has 0 spiro atoms. The molecule has 1 aromatic carbocycles. The molecule has 0 aromatic heterocycles. The number of nitrogens with zero attached hydrogens (tertiary/aromatic N) is 1. The van der Waals surface area contributed by atoms with Gasteiger partial charge in [-0.15, -0.1) is 24.0 Å². The molecule has 0 atom stereocenters. The molecule has 0 amide bonds. The number of hydrogen-bond acceptors (Lipinski definition) is 3. The van der Waals surface area contributed by atoms with Gasteiger partial charge in [-0.05, 0) is 56.3 Å². The second kappa shape index (κ2) is 10.3. The van der Waals surface area contributed by atoms with Crippen LogP contribution in [-0.2, 0) is 16.6 Å². The molecule has 8 heteroatoms. The SMILES string of the molecule is CN=C(NCc1ccc(S(=O)(=O)NC)cc1)NC1CCC(C)CC1.I. The summed E-state index contributed by atoms with van der Waals surface area (Å²) in [4.78, 5) is 4.55. The summed E-state index contributed by atoms with van der Waals surface area (Å²) in [5.41, 5.74) is 1.00. The van der Waals surface area contributed by atoms with E-state index in [0.717, 1.165) is 17.4 Å². The van der Waals surface area contributed by atoms with E-state index in [0.29, 0.717) is 12.6 Å². The fraction of sp³-hybridized carbons (Fsp3) is 0.588. The third kappa shape index (κ3) is 6.74. The lowest BCUT2D eigenvalue weighted by Gasteiger charge is -2.28. The highest BCUT2D eigenvalue weighted by Crippen LogP contribution is 2.23. The highest BCUT2D eigenvalue weighted by molar-refractivity contribution is 14.0. The first-order valence-electron chi connectivity index (χ1n) is 8.44. The molecule has 6 nitrogen and oxygen atoms in total. The fourth-order valence-corrected chi connectivity index (χ4v) is 3.61. The Labute approximate surface area is 168 Å². The van der Waals surface area contributed by atoms with Crippen LogP contribution in [0.25, 0.3) is 0 Å². The third-order valence-electron chi connectivity index (χ3n) is 4.54. The van der Waals surface area contributed by atoms with Crippen LogP contribution >= 0.6 is 24.0 Å². The van der Waals surface area contributed by atoms with Gasteiger partial charge in [-0.3, -0.25) is 4.99 Å². The number of halogens is 1. The maximum Gasteiger partial charge on any atom is 0.240 e. The average Bonchev–Trinajstić information content (AvgIpc) is 2.60. The van der Waals surface area contributed by atoms with Crippen molar-refractivity contribution in [2.24, 2.45) is 10.9 Å². The highest BCUT2D eigenvalue weighted by atomic mass is 127. The normalized spacial score (nSPS) is 21.3. The van der Waals surface area contributed by atoms with Gasteiger partial charge in [0.1, 0.15) is 0 Å². The Morgan fingerprint density at radius 3 is 2.28 bits per heavy atom. The molecule has 25 heavy (non-hydrogen) atoms. The number of nitrogens with one attached hydrogen (secondary N) is 3. The first kappa shape index (κ1) is 22.2. The van der Waals surface area contributed by atoms with Gasteiger partial charge in [0, 0.05) is 19.6 Å². The van der Waals surface area contributed by atoms with Crippen molar-refractivity contribution < 1.29 is 8.42 Å². The number of sulfonamides is 1. The lowest BCUT2D eigenvalue weighted by Crippen LogP contribution is -2.44. The fourth-order valence-electron chi connectivity index (χ4n) is 2.88. The number of benzene rings is 1. The van der Waals surface area contributed by atoms with Crippen molar-refractivity contribution in [1.82, 2.24) is 15.4 Å². The topological polar surface area (TPSA) is 82.6 Å². The van der Waals surface area contributed by atoms with E-state index in [2.05, 4.69) is 27.3 Å². The summed E-state index contributed by atoms with van der Waals surface area (Å²) in [7, 11) is -0.205. The van der Waals surface area contributed by atoms with E-state index in [1.165, 1.54) is 32.7 Å². The average molecular weight is 480 g/mol. The largest absolute Gasteiger partial charge is 0.354 e. The summed E-state index contributed by atoms with van der Waals surface area (Å²) >= 11 is 0. The van der Waals surface area contributed by atoms with Crippen LogP contribution in [0.1, 0.15) is 38.2 Å². The van der Waals surface area contributed by atoms with Gasteiger partial charge in [0.05, 0.1) is 4.90 Å². The van der Waals surface area contributed by atoms with E-state index >= 15 is 0 Å². The van der Waals surface area contributed by atoms with Crippen LogP contribution in [0.2, 0.25) is 0 Å². The number of rotatable bonds is 5. The zero-order valence-electron chi connectivity index (χ0n) is 15.1. The summed E-state index contributed by atoms with van der Waals surface area (Å²) in [5.74, 6) is 1.62. The molecule has 0 saturated heterocycles. The molecule has 0 unspecified atom stereocenters. The number of guanidine groups is 1. The van der Waals surface area contributed by atoms with Gasteiger partial charge in [0.15, 0.2) is 5.96 Å². The van der Waals surface area contributed by atoms with Crippen molar-refractivity contribution in [1.29, 1.82) is 0 Å². The van der Waals surface area contributed by atoms with Crippen LogP contribution < -0.4 is 15.4 Å². The monoisotopic (exact) mass is 480 g/mol. The molecular formula is C17H29IN4O2S. The summed E-state index contributed by atoms with van der Waals surface area (Å²) in [6, 6.07) is 7.33. The van der Waals surface area contributed by atoms with Crippen LogP contribution in [0.3, 0.4) is 0 Å². The van der Waals surface area contributed by atoms with Crippen molar-refractivity contribution in [2.75, 3.05) is 14.1 Å². The molecule has 0 radical (unpaired) electrons. The van der Waals surface area contributed by atoms with Crippen LogP contribution in [0.15, 0.2) is 34.2 Å². The lowest BCUT2D eigenvalue weighted by atomic mass is 9.87. The second-order valence-electron chi connectivity index (χ2n) is 6.38. The number of hydrogen-bond donors (Lipinski definition) is 3. The Hall–Kier alpha value is -0.870. The molecular weight excluding hydrogens is 451 g/mol. The standard InChI is InChI=1S/C17H28N4O2S.HI/c1-13-4-8-15(9-5-13)21-17(18-2)20-12-14-6-10-16(11-7-14)24(22,23)19-3;/h6-7,10-11,13,15,19H,4-5,8-9,12H2,1-3H3,(H2,18,20,21);1H. The minimum Gasteiger partial charge on any atom is -0.354 e. The molecule has 3 N–H and O–H groups in total.